The molecule has 2 aliphatic carbocycles. The van der Waals surface area contributed by atoms with Gasteiger partial charge >= 0.3 is 0 Å². The van der Waals surface area contributed by atoms with E-state index in [-0.39, 0.29) is 25.0 Å². The number of hydrogen-bond donors (Lipinski definition) is 2. The Morgan fingerprint density at radius 2 is 1.40 bits per heavy atom. The van der Waals surface area contributed by atoms with Crippen LogP contribution in [0.3, 0.4) is 0 Å². The summed E-state index contributed by atoms with van der Waals surface area (Å²) in [5, 5.41) is 18.8. The minimum Gasteiger partial charge on any atom is -0.396 e. The first kappa shape index (κ1) is 9.37. The second-order valence-corrected chi connectivity index (χ2v) is 4.77. The summed E-state index contributed by atoms with van der Waals surface area (Å²) in [6, 6.07) is 8.50. The molecule has 2 aliphatic rings. The molecule has 1 saturated carbocycles. The average Bonchev–Trinajstić information content (AvgIpc) is 2.84. The fraction of sp³-hybridized carbons (Fsp3) is 0.538. The molecule has 0 amide bonds. The first-order chi connectivity index (χ1) is 7.36. The molecule has 15 heavy (non-hydrogen) atoms. The molecule has 4 atom stereocenters. The Hall–Kier alpha value is -0.860. The van der Waals surface area contributed by atoms with Crippen LogP contribution in [0.25, 0.3) is 0 Å². The van der Waals surface area contributed by atoms with Crippen molar-refractivity contribution >= 4 is 0 Å². The van der Waals surface area contributed by atoms with E-state index in [1.54, 1.807) is 0 Å². The van der Waals surface area contributed by atoms with Crippen LogP contribution in [0, 0.1) is 11.8 Å². The highest BCUT2D eigenvalue weighted by atomic mass is 16.3. The van der Waals surface area contributed by atoms with Crippen LogP contribution in [0.4, 0.5) is 0 Å². The Labute approximate surface area is 89.6 Å². The number of hydrogen-bond acceptors (Lipinski definition) is 2. The molecule has 2 bridgehead atoms. The average molecular weight is 204 g/mol. The predicted molar refractivity (Wildman–Crippen MR) is 57.7 cm³/mol. The second kappa shape index (κ2) is 3.32. The molecule has 2 N–H and O–H groups in total. The number of aliphatic hydroxyl groups is 2. The molecule has 3 rings (SSSR count). The lowest BCUT2D eigenvalue weighted by Gasteiger charge is -2.30. The van der Waals surface area contributed by atoms with Gasteiger partial charge in [0.25, 0.3) is 0 Å². The van der Waals surface area contributed by atoms with Crippen molar-refractivity contribution in [2.75, 3.05) is 13.2 Å². The van der Waals surface area contributed by atoms with Crippen molar-refractivity contribution < 1.29 is 10.2 Å². The zero-order valence-corrected chi connectivity index (χ0v) is 8.63. The van der Waals surface area contributed by atoms with E-state index in [2.05, 4.69) is 24.3 Å². The summed E-state index contributed by atoms with van der Waals surface area (Å²) in [6.45, 7) is 0.418. The zero-order valence-electron chi connectivity index (χ0n) is 8.63. The molecule has 0 radical (unpaired) electrons. The van der Waals surface area contributed by atoms with E-state index in [1.165, 1.54) is 11.1 Å². The third-order valence-electron chi connectivity index (χ3n) is 4.31. The van der Waals surface area contributed by atoms with Crippen molar-refractivity contribution in [3.05, 3.63) is 35.4 Å². The zero-order chi connectivity index (χ0) is 10.4. The van der Waals surface area contributed by atoms with Crippen LogP contribution in [-0.4, -0.2) is 23.4 Å². The Morgan fingerprint density at radius 1 is 0.933 bits per heavy atom. The molecular weight excluding hydrogens is 188 g/mol. The minimum atomic E-state index is 0.209. The summed E-state index contributed by atoms with van der Waals surface area (Å²) < 4.78 is 0. The molecule has 2 heteroatoms. The fourth-order valence-electron chi connectivity index (χ4n) is 3.65. The van der Waals surface area contributed by atoms with Gasteiger partial charge < -0.3 is 10.2 Å². The minimum absolute atomic E-state index is 0.209. The van der Waals surface area contributed by atoms with Crippen LogP contribution in [0.15, 0.2) is 24.3 Å². The van der Waals surface area contributed by atoms with Crippen molar-refractivity contribution in [2.45, 2.75) is 18.3 Å². The Kier molecular flexibility index (Phi) is 2.08. The summed E-state index contributed by atoms with van der Waals surface area (Å²) in [5.41, 5.74) is 2.82. The van der Waals surface area contributed by atoms with Crippen molar-refractivity contribution in [3.63, 3.8) is 0 Å². The maximum Gasteiger partial charge on any atom is 0.0468 e. The number of rotatable bonds is 2. The van der Waals surface area contributed by atoms with Gasteiger partial charge in [-0.1, -0.05) is 24.3 Å². The largest absolute Gasteiger partial charge is 0.396 e. The molecule has 1 aromatic rings. The van der Waals surface area contributed by atoms with Crippen molar-refractivity contribution in [1.82, 2.24) is 0 Å². The van der Waals surface area contributed by atoms with E-state index in [0.29, 0.717) is 11.8 Å². The summed E-state index contributed by atoms with van der Waals surface area (Å²) in [4.78, 5) is 0. The Balaban J connectivity index is 2.05. The van der Waals surface area contributed by atoms with E-state index in [9.17, 15) is 10.2 Å². The van der Waals surface area contributed by atoms with Gasteiger partial charge in [0.1, 0.15) is 0 Å². The van der Waals surface area contributed by atoms with Gasteiger partial charge in [0, 0.05) is 13.2 Å². The standard InChI is InChI=1S/C13H16O2/c14-6-12-10-5-11(13(12)7-15)9-4-2-1-3-8(9)10/h1-4,10-15H,5-7H2/t10-,11+,12?,13?. The summed E-state index contributed by atoms with van der Waals surface area (Å²) in [7, 11) is 0. The van der Waals surface area contributed by atoms with Gasteiger partial charge in [-0.25, -0.2) is 0 Å². The van der Waals surface area contributed by atoms with Gasteiger partial charge in [-0.3, -0.25) is 0 Å². The smallest absolute Gasteiger partial charge is 0.0468 e. The van der Waals surface area contributed by atoms with Gasteiger partial charge in [0.15, 0.2) is 0 Å². The molecule has 0 aliphatic heterocycles. The van der Waals surface area contributed by atoms with E-state index < -0.39 is 0 Å². The third-order valence-corrected chi connectivity index (χ3v) is 4.31. The van der Waals surface area contributed by atoms with E-state index in [4.69, 9.17) is 0 Å². The lowest BCUT2D eigenvalue weighted by molar-refractivity contribution is 0.120. The van der Waals surface area contributed by atoms with Crippen LogP contribution in [0.1, 0.15) is 29.4 Å². The molecule has 2 nitrogen and oxygen atoms in total. The maximum absolute atomic E-state index is 9.40. The highest BCUT2D eigenvalue weighted by molar-refractivity contribution is 5.43. The highest BCUT2D eigenvalue weighted by Crippen LogP contribution is 2.58. The van der Waals surface area contributed by atoms with Crippen LogP contribution in [-0.2, 0) is 0 Å². The molecule has 0 aromatic heterocycles. The molecular formula is C13H16O2. The van der Waals surface area contributed by atoms with Crippen LogP contribution >= 0.6 is 0 Å². The third kappa shape index (κ3) is 1.12. The normalized spacial score (nSPS) is 36.9. The van der Waals surface area contributed by atoms with E-state index in [0.717, 1.165) is 6.42 Å². The molecule has 0 heterocycles. The predicted octanol–water partition coefficient (Wildman–Crippen LogP) is 1.49. The first-order valence-electron chi connectivity index (χ1n) is 5.67. The molecule has 0 saturated heterocycles. The van der Waals surface area contributed by atoms with Crippen LogP contribution in [0.5, 0.6) is 0 Å². The number of fused-ring (bicyclic) bond motifs is 5. The summed E-state index contributed by atoms with van der Waals surface area (Å²) in [6.07, 6.45) is 1.12. The highest BCUT2D eigenvalue weighted by Gasteiger charge is 2.49. The monoisotopic (exact) mass is 204 g/mol. The van der Waals surface area contributed by atoms with Gasteiger partial charge in [-0.2, -0.15) is 0 Å². The van der Waals surface area contributed by atoms with Crippen LogP contribution in [0.2, 0.25) is 0 Å². The molecule has 80 valence electrons. The molecule has 0 spiro atoms. The topological polar surface area (TPSA) is 40.5 Å². The first-order valence-corrected chi connectivity index (χ1v) is 5.67. The van der Waals surface area contributed by atoms with E-state index >= 15 is 0 Å². The molecule has 1 fully saturated rings. The summed E-state index contributed by atoms with van der Waals surface area (Å²) >= 11 is 0. The quantitative estimate of drug-likeness (QED) is 0.766. The number of aliphatic hydroxyl groups excluding tert-OH is 2. The second-order valence-electron chi connectivity index (χ2n) is 4.77. The Bertz CT molecular complexity index is 340. The van der Waals surface area contributed by atoms with Gasteiger partial charge in [0.05, 0.1) is 0 Å². The number of benzene rings is 1. The molecule has 2 unspecified atom stereocenters. The maximum atomic E-state index is 9.40. The van der Waals surface area contributed by atoms with Crippen molar-refractivity contribution in [2.24, 2.45) is 11.8 Å². The van der Waals surface area contributed by atoms with Crippen LogP contribution < -0.4 is 0 Å². The summed E-state index contributed by atoms with van der Waals surface area (Å²) in [5.74, 6) is 1.51. The lowest BCUT2D eigenvalue weighted by Crippen LogP contribution is -2.27. The van der Waals surface area contributed by atoms with Gasteiger partial charge in [0.2, 0.25) is 0 Å². The van der Waals surface area contributed by atoms with E-state index in [1.807, 2.05) is 0 Å². The van der Waals surface area contributed by atoms with Gasteiger partial charge in [-0.15, -0.1) is 0 Å². The lowest BCUT2D eigenvalue weighted by atomic mass is 9.76. The van der Waals surface area contributed by atoms with Gasteiger partial charge in [-0.05, 0) is 41.2 Å². The van der Waals surface area contributed by atoms with Crippen molar-refractivity contribution in [3.8, 4) is 0 Å². The SMILES string of the molecule is OCC1C(CO)[C@H]2C[C@@H]1c1ccccc12. The fourth-order valence-corrected chi connectivity index (χ4v) is 3.65. The molecule has 1 aromatic carbocycles. The Morgan fingerprint density at radius 3 is 1.80 bits per heavy atom. The van der Waals surface area contributed by atoms with Crippen molar-refractivity contribution in [1.29, 1.82) is 0 Å².